The molecule has 0 bridgehead atoms. The lowest BCUT2D eigenvalue weighted by atomic mass is 10.1. The average Bonchev–Trinajstić information content (AvgIpc) is 2.42. The maximum absolute atomic E-state index is 5.72. The Morgan fingerprint density at radius 3 is 2.47 bits per heavy atom. The number of rotatable bonds is 10. The molecular weight excluding hydrogens is 238 g/mol. The molecule has 108 valence electrons. The molecule has 2 N–H and O–H groups in total. The minimum atomic E-state index is 0.326. The van der Waals surface area contributed by atoms with Crippen LogP contribution in [0.4, 0.5) is 5.69 Å². The van der Waals surface area contributed by atoms with E-state index in [1.807, 2.05) is 24.3 Å². The molecule has 1 rings (SSSR count). The molecule has 0 spiro atoms. The van der Waals surface area contributed by atoms with Gasteiger partial charge in [-0.1, -0.05) is 32.6 Å². The quantitative estimate of drug-likeness (QED) is 0.513. The topological polar surface area (TPSA) is 44.5 Å². The zero-order valence-electron chi connectivity index (χ0n) is 12.2. The van der Waals surface area contributed by atoms with Gasteiger partial charge in [-0.15, -0.1) is 0 Å². The summed E-state index contributed by atoms with van der Waals surface area (Å²) in [6.45, 7) is 5.59. The van der Waals surface area contributed by atoms with E-state index in [1.54, 1.807) is 0 Å². The van der Waals surface area contributed by atoms with E-state index in [4.69, 9.17) is 15.2 Å². The van der Waals surface area contributed by atoms with Crippen molar-refractivity contribution in [1.82, 2.24) is 0 Å². The predicted molar refractivity (Wildman–Crippen MR) is 80.5 cm³/mol. The Morgan fingerprint density at radius 1 is 1.05 bits per heavy atom. The number of benzene rings is 1. The van der Waals surface area contributed by atoms with Crippen LogP contribution in [-0.4, -0.2) is 19.3 Å². The molecule has 0 radical (unpaired) electrons. The molecule has 0 saturated carbocycles. The summed E-state index contributed by atoms with van der Waals surface area (Å²) in [6.07, 6.45) is 6.64. The molecule has 1 atom stereocenters. The van der Waals surface area contributed by atoms with Crippen LogP contribution >= 0.6 is 0 Å². The first-order chi connectivity index (χ1) is 9.22. The van der Waals surface area contributed by atoms with Gasteiger partial charge in [0.15, 0.2) is 0 Å². The molecule has 0 aliphatic heterocycles. The fourth-order valence-electron chi connectivity index (χ4n) is 1.91. The van der Waals surface area contributed by atoms with E-state index in [2.05, 4.69) is 13.8 Å². The van der Waals surface area contributed by atoms with Gasteiger partial charge in [-0.05, 0) is 37.6 Å². The van der Waals surface area contributed by atoms with Gasteiger partial charge in [-0.3, -0.25) is 0 Å². The molecule has 0 amide bonds. The Bertz CT molecular complexity index is 324. The van der Waals surface area contributed by atoms with Crippen LogP contribution in [-0.2, 0) is 4.74 Å². The summed E-state index contributed by atoms with van der Waals surface area (Å²) >= 11 is 0. The molecule has 0 aromatic heterocycles. The first-order valence-corrected chi connectivity index (χ1v) is 7.32. The van der Waals surface area contributed by atoms with Gasteiger partial charge in [-0.2, -0.15) is 0 Å². The highest BCUT2D eigenvalue weighted by atomic mass is 16.5. The van der Waals surface area contributed by atoms with Crippen LogP contribution in [0.5, 0.6) is 5.75 Å². The number of anilines is 1. The van der Waals surface area contributed by atoms with Gasteiger partial charge < -0.3 is 15.2 Å². The van der Waals surface area contributed by atoms with E-state index in [1.165, 1.54) is 25.7 Å². The number of hydrogen-bond donors (Lipinski definition) is 1. The maximum atomic E-state index is 5.72. The summed E-state index contributed by atoms with van der Waals surface area (Å²) in [6, 6.07) is 7.44. The summed E-state index contributed by atoms with van der Waals surface area (Å²) in [5.74, 6) is 0.841. The summed E-state index contributed by atoms with van der Waals surface area (Å²) < 4.78 is 11.3. The second kappa shape index (κ2) is 9.68. The average molecular weight is 265 g/mol. The molecule has 0 aliphatic carbocycles. The first kappa shape index (κ1) is 15.8. The zero-order chi connectivity index (χ0) is 13.9. The molecule has 0 saturated heterocycles. The maximum Gasteiger partial charge on any atom is 0.119 e. The Labute approximate surface area is 117 Å². The fraction of sp³-hybridized carbons (Fsp3) is 0.625. The van der Waals surface area contributed by atoms with Gasteiger partial charge >= 0.3 is 0 Å². The first-order valence-electron chi connectivity index (χ1n) is 7.32. The van der Waals surface area contributed by atoms with Crippen LogP contribution < -0.4 is 10.5 Å². The van der Waals surface area contributed by atoms with Gasteiger partial charge in [-0.25, -0.2) is 0 Å². The van der Waals surface area contributed by atoms with E-state index >= 15 is 0 Å². The Hall–Kier alpha value is -1.22. The van der Waals surface area contributed by atoms with Gasteiger partial charge in [0.1, 0.15) is 12.4 Å². The van der Waals surface area contributed by atoms with Gasteiger partial charge in [0.25, 0.3) is 0 Å². The molecule has 3 nitrogen and oxygen atoms in total. The smallest absolute Gasteiger partial charge is 0.119 e. The summed E-state index contributed by atoms with van der Waals surface area (Å²) in [5.41, 5.74) is 6.36. The lowest BCUT2D eigenvalue weighted by Crippen LogP contribution is -2.14. The van der Waals surface area contributed by atoms with Gasteiger partial charge in [0.05, 0.1) is 12.7 Å². The number of ether oxygens (including phenoxy) is 2. The standard InChI is InChI=1S/C16H27NO2/c1-3-4-5-6-7-14(2)18-12-13-19-16-10-8-15(17)9-11-16/h8-11,14H,3-7,12-13,17H2,1-2H3. The van der Waals surface area contributed by atoms with E-state index in [0.717, 1.165) is 17.9 Å². The minimum absolute atomic E-state index is 0.326. The monoisotopic (exact) mass is 265 g/mol. The highest BCUT2D eigenvalue weighted by Gasteiger charge is 2.02. The van der Waals surface area contributed by atoms with Crippen molar-refractivity contribution >= 4 is 5.69 Å². The van der Waals surface area contributed by atoms with Crippen molar-refractivity contribution in [2.24, 2.45) is 0 Å². The summed E-state index contributed by atoms with van der Waals surface area (Å²) in [7, 11) is 0. The predicted octanol–water partition coefficient (Wildman–Crippen LogP) is 4.02. The third-order valence-corrected chi connectivity index (χ3v) is 3.10. The Morgan fingerprint density at radius 2 is 1.79 bits per heavy atom. The number of nitrogen functional groups attached to an aromatic ring is 1. The third-order valence-electron chi connectivity index (χ3n) is 3.10. The largest absolute Gasteiger partial charge is 0.491 e. The van der Waals surface area contributed by atoms with Crippen molar-refractivity contribution in [2.45, 2.75) is 52.1 Å². The van der Waals surface area contributed by atoms with Crippen molar-refractivity contribution in [2.75, 3.05) is 18.9 Å². The number of hydrogen-bond acceptors (Lipinski definition) is 3. The van der Waals surface area contributed by atoms with E-state index in [9.17, 15) is 0 Å². The molecule has 0 heterocycles. The third kappa shape index (κ3) is 7.73. The second-order valence-electron chi connectivity index (χ2n) is 4.95. The van der Waals surface area contributed by atoms with Crippen LogP contribution in [0.15, 0.2) is 24.3 Å². The SMILES string of the molecule is CCCCCCC(C)OCCOc1ccc(N)cc1. The minimum Gasteiger partial charge on any atom is -0.491 e. The highest BCUT2D eigenvalue weighted by Crippen LogP contribution is 2.13. The molecular formula is C16H27NO2. The van der Waals surface area contributed by atoms with Crippen molar-refractivity contribution in [1.29, 1.82) is 0 Å². The van der Waals surface area contributed by atoms with Crippen molar-refractivity contribution in [3.05, 3.63) is 24.3 Å². The van der Waals surface area contributed by atoms with E-state index in [-0.39, 0.29) is 0 Å². The van der Waals surface area contributed by atoms with Crippen LogP contribution in [0.3, 0.4) is 0 Å². The molecule has 1 aromatic carbocycles. The summed E-state index contributed by atoms with van der Waals surface area (Å²) in [4.78, 5) is 0. The molecule has 1 unspecified atom stereocenters. The molecule has 0 aliphatic rings. The van der Waals surface area contributed by atoms with Crippen LogP contribution in [0.2, 0.25) is 0 Å². The number of nitrogens with two attached hydrogens (primary N) is 1. The van der Waals surface area contributed by atoms with Gasteiger partial charge in [0, 0.05) is 5.69 Å². The Kier molecular flexibility index (Phi) is 8.07. The van der Waals surface area contributed by atoms with Gasteiger partial charge in [0.2, 0.25) is 0 Å². The highest BCUT2D eigenvalue weighted by molar-refractivity contribution is 5.41. The second-order valence-corrected chi connectivity index (χ2v) is 4.95. The van der Waals surface area contributed by atoms with Crippen molar-refractivity contribution < 1.29 is 9.47 Å². The molecule has 19 heavy (non-hydrogen) atoms. The summed E-state index contributed by atoms with van der Waals surface area (Å²) in [5, 5.41) is 0. The zero-order valence-corrected chi connectivity index (χ0v) is 12.2. The normalized spacial score (nSPS) is 12.3. The van der Waals surface area contributed by atoms with E-state index < -0.39 is 0 Å². The van der Waals surface area contributed by atoms with E-state index in [0.29, 0.717) is 19.3 Å². The van der Waals surface area contributed by atoms with Crippen molar-refractivity contribution in [3.8, 4) is 5.75 Å². The lowest BCUT2D eigenvalue weighted by molar-refractivity contribution is 0.0384. The lowest BCUT2D eigenvalue weighted by Gasteiger charge is -2.13. The van der Waals surface area contributed by atoms with Crippen LogP contribution in [0, 0.1) is 0 Å². The molecule has 1 aromatic rings. The van der Waals surface area contributed by atoms with Crippen molar-refractivity contribution in [3.63, 3.8) is 0 Å². The fourth-order valence-corrected chi connectivity index (χ4v) is 1.91. The Balaban J connectivity index is 2.02. The molecule has 0 fully saturated rings. The molecule has 3 heteroatoms. The number of unbranched alkanes of at least 4 members (excludes halogenated alkanes) is 3. The van der Waals surface area contributed by atoms with Crippen LogP contribution in [0.25, 0.3) is 0 Å². The van der Waals surface area contributed by atoms with Crippen LogP contribution in [0.1, 0.15) is 46.0 Å².